The molecule has 2 rings (SSSR count). The number of thiocarbonyl (C=S) groups is 1. The predicted molar refractivity (Wildman–Crippen MR) is 133 cm³/mol. The summed E-state index contributed by atoms with van der Waals surface area (Å²) in [5.74, 6) is 0.231. The lowest BCUT2D eigenvalue weighted by molar-refractivity contribution is 0.0949. The molecule has 7 nitrogen and oxygen atoms in total. The van der Waals surface area contributed by atoms with Crippen molar-refractivity contribution in [2.24, 2.45) is 5.92 Å². The molecule has 2 aromatic carbocycles. The van der Waals surface area contributed by atoms with Gasteiger partial charge in [0.1, 0.15) is 5.75 Å². The molecular formula is C23H28BrN3O4S. The third kappa shape index (κ3) is 8.22. The average Bonchev–Trinajstić information content (AvgIpc) is 2.74. The van der Waals surface area contributed by atoms with E-state index in [0.29, 0.717) is 48.1 Å². The van der Waals surface area contributed by atoms with Gasteiger partial charge in [0.05, 0.1) is 23.4 Å². The molecule has 172 valence electrons. The van der Waals surface area contributed by atoms with E-state index in [4.69, 9.17) is 22.1 Å². The Morgan fingerprint density at radius 2 is 1.88 bits per heavy atom. The molecule has 0 aliphatic rings. The first-order valence-corrected chi connectivity index (χ1v) is 11.5. The van der Waals surface area contributed by atoms with Gasteiger partial charge in [-0.25, -0.2) is 0 Å². The van der Waals surface area contributed by atoms with Crippen LogP contribution in [0.3, 0.4) is 0 Å². The fourth-order valence-corrected chi connectivity index (χ4v) is 3.26. The topological polar surface area (TPSA) is 99.7 Å². The van der Waals surface area contributed by atoms with Crippen LogP contribution in [-0.4, -0.2) is 41.8 Å². The molecule has 0 fully saturated rings. The van der Waals surface area contributed by atoms with E-state index >= 15 is 0 Å². The van der Waals surface area contributed by atoms with Gasteiger partial charge in [-0.3, -0.25) is 14.9 Å². The molecule has 0 atom stereocenters. The Morgan fingerprint density at radius 1 is 1.12 bits per heavy atom. The van der Waals surface area contributed by atoms with Crippen LogP contribution in [0.15, 0.2) is 46.9 Å². The summed E-state index contributed by atoms with van der Waals surface area (Å²) in [6.07, 6.45) is 1.33. The minimum absolute atomic E-state index is 0.00489. The summed E-state index contributed by atoms with van der Waals surface area (Å²) < 4.78 is 6.54. The Kier molecular flexibility index (Phi) is 10.6. The maximum absolute atomic E-state index is 12.9. The molecule has 32 heavy (non-hydrogen) atoms. The molecule has 9 heteroatoms. The van der Waals surface area contributed by atoms with Crippen LogP contribution >= 0.6 is 28.1 Å². The van der Waals surface area contributed by atoms with Crippen molar-refractivity contribution in [2.45, 2.75) is 26.7 Å². The molecule has 0 aromatic heterocycles. The Labute approximate surface area is 202 Å². The minimum Gasteiger partial charge on any atom is -0.493 e. The SMILES string of the molecule is CC(C)CCOc1ccc(Br)cc1C(=O)NC(=S)Nc1ccccc1C(=O)NCCCO. The molecule has 2 amide bonds. The van der Waals surface area contributed by atoms with Gasteiger partial charge in [0.25, 0.3) is 11.8 Å². The van der Waals surface area contributed by atoms with Gasteiger partial charge in [-0.2, -0.15) is 0 Å². The van der Waals surface area contributed by atoms with Crippen molar-refractivity contribution in [1.82, 2.24) is 10.6 Å². The second-order valence-electron chi connectivity index (χ2n) is 7.46. The number of benzene rings is 2. The highest BCUT2D eigenvalue weighted by molar-refractivity contribution is 9.10. The number of aliphatic hydroxyl groups excluding tert-OH is 1. The first-order valence-electron chi connectivity index (χ1n) is 10.3. The van der Waals surface area contributed by atoms with Crippen molar-refractivity contribution < 1.29 is 19.4 Å². The number of para-hydroxylation sites is 1. The van der Waals surface area contributed by atoms with Crippen LogP contribution < -0.4 is 20.7 Å². The van der Waals surface area contributed by atoms with Crippen molar-refractivity contribution in [3.05, 3.63) is 58.1 Å². The number of rotatable bonds is 10. The van der Waals surface area contributed by atoms with Crippen molar-refractivity contribution >= 4 is 50.8 Å². The number of carbonyl (C=O) groups is 2. The molecule has 0 saturated carbocycles. The van der Waals surface area contributed by atoms with Crippen LogP contribution in [0.2, 0.25) is 0 Å². The van der Waals surface area contributed by atoms with Gasteiger partial charge in [0, 0.05) is 17.6 Å². The Balaban J connectivity index is 2.07. The van der Waals surface area contributed by atoms with Gasteiger partial charge in [0.15, 0.2) is 5.11 Å². The number of halogens is 1. The molecule has 0 unspecified atom stereocenters. The Hall–Kier alpha value is -2.49. The van der Waals surface area contributed by atoms with E-state index in [-0.39, 0.29) is 17.6 Å². The van der Waals surface area contributed by atoms with Crippen molar-refractivity contribution in [3.63, 3.8) is 0 Å². The standard InChI is InChI=1S/C23H28BrN3O4S/c1-15(2)10-13-31-20-9-8-16(24)14-18(20)22(30)27-23(32)26-19-7-4-3-6-17(19)21(29)25-11-5-12-28/h3-4,6-9,14-15,28H,5,10-13H2,1-2H3,(H,25,29)(H2,26,27,30,32). The molecule has 0 saturated heterocycles. The lowest BCUT2D eigenvalue weighted by atomic mass is 10.1. The van der Waals surface area contributed by atoms with Crippen molar-refractivity contribution in [2.75, 3.05) is 25.1 Å². The van der Waals surface area contributed by atoms with Gasteiger partial charge in [-0.05, 0) is 61.3 Å². The maximum atomic E-state index is 12.9. The normalized spacial score (nSPS) is 10.5. The van der Waals surface area contributed by atoms with Gasteiger partial charge < -0.3 is 20.5 Å². The van der Waals surface area contributed by atoms with Crippen molar-refractivity contribution in [1.29, 1.82) is 0 Å². The van der Waals surface area contributed by atoms with E-state index in [9.17, 15) is 9.59 Å². The summed E-state index contributed by atoms with van der Waals surface area (Å²) in [7, 11) is 0. The average molecular weight is 522 g/mol. The predicted octanol–water partition coefficient (Wildman–Crippen LogP) is 4.11. The number of ether oxygens (including phenoxy) is 1. The van der Waals surface area contributed by atoms with E-state index in [1.54, 1.807) is 36.4 Å². The lowest BCUT2D eigenvalue weighted by Gasteiger charge is -2.15. The third-order valence-electron chi connectivity index (χ3n) is 4.41. The third-order valence-corrected chi connectivity index (χ3v) is 5.10. The zero-order chi connectivity index (χ0) is 23.5. The lowest BCUT2D eigenvalue weighted by Crippen LogP contribution is -2.35. The zero-order valence-corrected chi connectivity index (χ0v) is 20.5. The van der Waals surface area contributed by atoms with E-state index in [0.717, 1.165) is 10.9 Å². The van der Waals surface area contributed by atoms with Gasteiger partial charge in [-0.15, -0.1) is 0 Å². The molecule has 4 N–H and O–H groups in total. The number of carbonyl (C=O) groups excluding carboxylic acids is 2. The zero-order valence-electron chi connectivity index (χ0n) is 18.1. The van der Waals surface area contributed by atoms with E-state index < -0.39 is 5.91 Å². The Bertz CT molecular complexity index is 953. The second-order valence-corrected chi connectivity index (χ2v) is 8.78. The summed E-state index contributed by atoms with van der Waals surface area (Å²) in [6, 6.07) is 12.0. The molecule has 2 aromatic rings. The highest BCUT2D eigenvalue weighted by Gasteiger charge is 2.17. The molecule has 0 aliphatic heterocycles. The second kappa shape index (κ2) is 13.1. The van der Waals surface area contributed by atoms with Gasteiger partial charge in [0.2, 0.25) is 0 Å². The van der Waals surface area contributed by atoms with E-state index in [2.05, 4.69) is 45.7 Å². The maximum Gasteiger partial charge on any atom is 0.261 e. The summed E-state index contributed by atoms with van der Waals surface area (Å²) in [5, 5.41) is 17.2. The first kappa shape index (κ1) is 25.8. The summed E-state index contributed by atoms with van der Waals surface area (Å²) >= 11 is 8.69. The van der Waals surface area contributed by atoms with Crippen LogP contribution in [0.25, 0.3) is 0 Å². The van der Waals surface area contributed by atoms with Crippen LogP contribution in [0, 0.1) is 5.92 Å². The smallest absolute Gasteiger partial charge is 0.261 e. The number of hydrogen-bond donors (Lipinski definition) is 4. The van der Waals surface area contributed by atoms with E-state index in [1.165, 1.54) is 0 Å². The number of nitrogens with one attached hydrogen (secondary N) is 3. The highest BCUT2D eigenvalue weighted by Crippen LogP contribution is 2.24. The summed E-state index contributed by atoms with van der Waals surface area (Å²) in [4.78, 5) is 25.3. The van der Waals surface area contributed by atoms with Crippen LogP contribution in [0.1, 0.15) is 47.4 Å². The van der Waals surface area contributed by atoms with E-state index in [1.807, 2.05) is 6.07 Å². The van der Waals surface area contributed by atoms with Crippen LogP contribution in [0.5, 0.6) is 5.75 Å². The summed E-state index contributed by atoms with van der Waals surface area (Å²) in [5.41, 5.74) is 1.19. The minimum atomic E-state index is -0.423. The number of hydrogen-bond acceptors (Lipinski definition) is 5. The monoisotopic (exact) mass is 521 g/mol. The molecule has 0 heterocycles. The highest BCUT2D eigenvalue weighted by atomic mass is 79.9. The quantitative estimate of drug-likeness (QED) is 0.277. The molecule has 0 radical (unpaired) electrons. The molecular weight excluding hydrogens is 494 g/mol. The fraction of sp³-hybridized carbons (Fsp3) is 0.348. The van der Waals surface area contributed by atoms with Gasteiger partial charge >= 0.3 is 0 Å². The number of anilines is 1. The van der Waals surface area contributed by atoms with Gasteiger partial charge in [-0.1, -0.05) is 41.9 Å². The summed E-state index contributed by atoms with van der Waals surface area (Å²) in [6.45, 7) is 5.06. The fourth-order valence-electron chi connectivity index (χ4n) is 2.70. The largest absolute Gasteiger partial charge is 0.493 e. The molecule has 0 spiro atoms. The molecule has 0 aliphatic carbocycles. The first-order chi connectivity index (χ1) is 15.3. The van der Waals surface area contributed by atoms with Crippen molar-refractivity contribution in [3.8, 4) is 5.75 Å². The Morgan fingerprint density at radius 3 is 2.59 bits per heavy atom. The van der Waals surface area contributed by atoms with Crippen LogP contribution in [-0.2, 0) is 0 Å². The number of aliphatic hydroxyl groups is 1. The molecule has 0 bridgehead atoms. The number of amides is 2. The van der Waals surface area contributed by atoms with Crippen LogP contribution in [0.4, 0.5) is 5.69 Å².